The number of nitrogens with one attached hydrogen (secondary N) is 1. The maximum atomic E-state index is 12.3. The molecule has 1 amide bonds. The zero-order valence-corrected chi connectivity index (χ0v) is 14.6. The lowest BCUT2D eigenvalue weighted by atomic mass is 10.1. The van der Waals surface area contributed by atoms with Crippen LogP contribution in [0.25, 0.3) is 10.8 Å². The largest absolute Gasteiger partial charge is 0.483 e. The standard InChI is InChI=1S/C21H19NO4/c1-14-10-11-17(21(24)25-2)18(12-14)22-20(23)13-26-19-9-5-7-15-6-3-4-8-16(15)19/h3-12H,13H2,1-2H3,(H,22,23). The van der Waals surface area contributed by atoms with Crippen LogP contribution in [0.15, 0.2) is 60.7 Å². The van der Waals surface area contributed by atoms with Crippen LogP contribution in [0, 0.1) is 6.92 Å². The van der Waals surface area contributed by atoms with Crippen LogP contribution in [-0.2, 0) is 9.53 Å². The van der Waals surface area contributed by atoms with Crippen LogP contribution in [0.3, 0.4) is 0 Å². The van der Waals surface area contributed by atoms with Crippen LogP contribution in [0.1, 0.15) is 15.9 Å². The van der Waals surface area contributed by atoms with Gasteiger partial charge in [-0.05, 0) is 36.1 Å². The molecule has 3 rings (SSSR count). The second kappa shape index (κ2) is 7.70. The highest BCUT2D eigenvalue weighted by Gasteiger charge is 2.14. The summed E-state index contributed by atoms with van der Waals surface area (Å²) in [4.78, 5) is 24.2. The number of benzene rings is 3. The van der Waals surface area contributed by atoms with Crippen LogP contribution in [0.4, 0.5) is 5.69 Å². The SMILES string of the molecule is COC(=O)c1ccc(C)cc1NC(=O)COc1cccc2ccccc12. The van der Waals surface area contributed by atoms with Crippen LogP contribution >= 0.6 is 0 Å². The Morgan fingerprint density at radius 2 is 1.77 bits per heavy atom. The van der Waals surface area contributed by atoms with Crippen LogP contribution in [0.5, 0.6) is 5.75 Å². The van der Waals surface area contributed by atoms with Crippen molar-refractivity contribution in [3.8, 4) is 5.75 Å². The highest BCUT2D eigenvalue weighted by molar-refractivity contribution is 6.02. The summed E-state index contributed by atoms with van der Waals surface area (Å²) in [5.74, 6) is -0.223. The number of hydrogen-bond acceptors (Lipinski definition) is 4. The van der Waals surface area contributed by atoms with Gasteiger partial charge in [-0.25, -0.2) is 4.79 Å². The lowest BCUT2D eigenvalue weighted by molar-refractivity contribution is -0.118. The quantitative estimate of drug-likeness (QED) is 0.708. The van der Waals surface area contributed by atoms with Crippen molar-refractivity contribution in [3.63, 3.8) is 0 Å². The average molecular weight is 349 g/mol. The molecule has 0 unspecified atom stereocenters. The number of fused-ring (bicyclic) bond motifs is 1. The molecule has 0 aliphatic carbocycles. The maximum Gasteiger partial charge on any atom is 0.339 e. The van der Waals surface area contributed by atoms with Crippen molar-refractivity contribution in [1.29, 1.82) is 0 Å². The predicted molar refractivity (Wildman–Crippen MR) is 101 cm³/mol. The van der Waals surface area contributed by atoms with Crippen molar-refractivity contribution in [2.45, 2.75) is 6.92 Å². The molecule has 3 aromatic rings. The van der Waals surface area contributed by atoms with Gasteiger partial charge in [-0.1, -0.05) is 42.5 Å². The zero-order valence-electron chi connectivity index (χ0n) is 14.6. The fourth-order valence-corrected chi connectivity index (χ4v) is 2.70. The minimum Gasteiger partial charge on any atom is -0.483 e. The van der Waals surface area contributed by atoms with Crippen LogP contribution < -0.4 is 10.1 Å². The molecule has 132 valence electrons. The average Bonchev–Trinajstić information content (AvgIpc) is 2.66. The lowest BCUT2D eigenvalue weighted by Crippen LogP contribution is -2.22. The summed E-state index contributed by atoms with van der Waals surface area (Å²) >= 11 is 0. The molecule has 0 aromatic heterocycles. The fourth-order valence-electron chi connectivity index (χ4n) is 2.70. The summed E-state index contributed by atoms with van der Waals surface area (Å²) in [6.07, 6.45) is 0. The smallest absolute Gasteiger partial charge is 0.339 e. The van der Waals surface area contributed by atoms with Gasteiger partial charge in [-0.2, -0.15) is 0 Å². The Morgan fingerprint density at radius 3 is 2.58 bits per heavy atom. The number of hydrogen-bond donors (Lipinski definition) is 1. The van der Waals surface area contributed by atoms with Crippen molar-refractivity contribution in [2.24, 2.45) is 0 Å². The fraction of sp³-hybridized carbons (Fsp3) is 0.143. The summed E-state index contributed by atoms with van der Waals surface area (Å²) in [5, 5.41) is 4.70. The summed E-state index contributed by atoms with van der Waals surface area (Å²) in [7, 11) is 1.30. The van der Waals surface area contributed by atoms with E-state index in [0.29, 0.717) is 17.0 Å². The van der Waals surface area contributed by atoms with E-state index in [9.17, 15) is 9.59 Å². The molecule has 26 heavy (non-hydrogen) atoms. The first-order valence-corrected chi connectivity index (χ1v) is 8.18. The molecule has 0 aliphatic rings. The van der Waals surface area contributed by atoms with Gasteiger partial charge in [0.25, 0.3) is 5.91 Å². The summed E-state index contributed by atoms with van der Waals surface area (Å²) in [6, 6.07) is 18.6. The summed E-state index contributed by atoms with van der Waals surface area (Å²) in [6.45, 7) is 1.71. The third-order valence-electron chi connectivity index (χ3n) is 3.96. The molecule has 0 atom stereocenters. The number of ether oxygens (including phenoxy) is 2. The molecule has 0 spiro atoms. The van der Waals surface area contributed by atoms with E-state index in [4.69, 9.17) is 9.47 Å². The number of carbonyl (C=O) groups excluding carboxylic acids is 2. The van der Waals surface area contributed by atoms with E-state index in [1.165, 1.54) is 7.11 Å². The van der Waals surface area contributed by atoms with Gasteiger partial charge in [0.15, 0.2) is 6.61 Å². The van der Waals surface area contributed by atoms with Gasteiger partial charge < -0.3 is 14.8 Å². The minimum absolute atomic E-state index is 0.164. The highest BCUT2D eigenvalue weighted by Crippen LogP contribution is 2.25. The first-order valence-electron chi connectivity index (χ1n) is 8.18. The number of carbonyl (C=O) groups is 2. The molecule has 0 saturated carbocycles. The Bertz CT molecular complexity index is 960. The summed E-state index contributed by atoms with van der Waals surface area (Å²) in [5.41, 5.74) is 1.63. The molecule has 5 nitrogen and oxygen atoms in total. The summed E-state index contributed by atoms with van der Waals surface area (Å²) < 4.78 is 10.4. The number of methoxy groups -OCH3 is 1. The number of esters is 1. The lowest BCUT2D eigenvalue weighted by Gasteiger charge is -2.12. The van der Waals surface area contributed by atoms with Gasteiger partial charge in [-0.15, -0.1) is 0 Å². The molecular formula is C21H19NO4. The van der Waals surface area contributed by atoms with E-state index >= 15 is 0 Å². The van der Waals surface area contributed by atoms with Crippen LogP contribution in [0.2, 0.25) is 0 Å². The van der Waals surface area contributed by atoms with Gasteiger partial charge in [0.1, 0.15) is 5.75 Å². The number of rotatable bonds is 5. The van der Waals surface area contributed by atoms with Gasteiger partial charge in [0.05, 0.1) is 18.4 Å². The Hall–Kier alpha value is -3.34. The molecular weight excluding hydrogens is 330 g/mol. The van der Waals surface area contributed by atoms with Gasteiger partial charge >= 0.3 is 5.97 Å². The molecule has 5 heteroatoms. The van der Waals surface area contributed by atoms with E-state index in [-0.39, 0.29) is 12.5 Å². The van der Waals surface area contributed by atoms with Crippen molar-refractivity contribution >= 4 is 28.3 Å². The Labute approximate surface area is 151 Å². The second-order valence-corrected chi connectivity index (χ2v) is 5.85. The molecule has 0 radical (unpaired) electrons. The monoisotopic (exact) mass is 349 g/mol. The van der Waals surface area contributed by atoms with Gasteiger partial charge in [0, 0.05) is 5.39 Å². The third-order valence-corrected chi connectivity index (χ3v) is 3.96. The van der Waals surface area contributed by atoms with E-state index in [1.54, 1.807) is 18.2 Å². The normalized spacial score (nSPS) is 10.4. The number of anilines is 1. The topological polar surface area (TPSA) is 64.6 Å². The third kappa shape index (κ3) is 3.83. The molecule has 0 heterocycles. The first kappa shape index (κ1) is 17.5. The second-order valence-electron chi connectivity index (χ2n) is 5.85. The van der Waals surface area contributed by atoms with Gasteiger partial charge in [-0.3, -0.25) is 4.79 Å². The highest BCUT2D eigenvalue weighted by atomic mass is 16.5. The van der Waals surface area contributed by atoms with Crippen LogP contribution in [-0.4, -0.2) is 25.6 Å². The van der Waals surface area contributed by atoms with Crippen molar-refractivity contribution < 1.29 is 19.1 Å². The van der Waals surface area contributed by atoms with Crippen molar-refractivity contribution in [1.82, 2.24) is 0 Å². The minimum atomic E-state index is -0.504. The molecule has 0 bridgehead atoms. The first-order chi connectivity index (χ1) is 12.6. The zero-order chi connectivity index (χ0) is 18.5. The Balaban J connectivity index is 1.73. The Kier molecular flexibility index (Phi) is 5.17. The number of aryl methyl sites for hydroxylation is 1. The molecule has 1 N–H and O–H groups in total. The van der Waals surface area contributed by atoms with Crippen molar-refractivity contribution in [2.75, 3.05) is 19.0 Å². The molecule has 3 aromatic carbocycles. The van der Waals surface area contributed by atoms with Crippen molar-refractivity contribution in [3.05, 3.63) is 71.8 Å². The van der Waals surface area contributed by atoms with E-state index in [0.717, 1.165) is 16.3 Å². The molecule has 0 aliphatic heterocycles. The van der Waals surface area contributed by atoms with E-state index in [1.807, 2.05) is 49.4 Å². The number of amides is 1. The molecule has 0 fully saturated rings. The maximum absolute atomic E-state index is 12.3. The molecule has 0 saturated heterocycles. The predicted octanol–water partition coefficient (Wildman–Crippen LogP) is 3.95. The Morgan fingerprint density at radius 1 is 1.00 bits per heavy atom. The van der Waals surface area contributed by atoms with Gasteiger partial charge in [0.2, 0.25) is 0 Å². The van der Waals surface area contributed by atoms with E-state index in [2.05, 4.69) is 5.32 Å². The van der Waals surface area contributed by atoms with E-state index < -0.39 is 5.97 Å².